The Kier molecular flexibility index (Phi) is 7.59. The van der Waals surface area contributed by atoms with Gasteiger partial charge in [0.2, 0.25) is 0 Å². The van der Waals surface area contributed by atoms with Crippen LogP contribution in [0.1, 0.15) is 46.5 Å². The van der Waals surface area contributed by atoms with E-state index in [0.717, 1.165) is 32.5 Å². The van der Waals surface area contributed by atoms with Crippen LogP contribution in [0.5, 0.6) is 0 Å². The van der Waals surface area contributed by atoms with E-state index < -0.39 is 15.4 Å². The number of aliphatic imine (C=N–C) groups is 1. The molecule has 0 aromatic heterocycles. The molecule has 2 rings (SSSR count). The summed E-state index contributed by atoms with van der Waals surface area (Å²) < 4.78 is 28.3. The number of likely N-dealkylation sites (tertiary alicyclic amines) is 1. The molecule has 0 atom stereocenters. The van der Waals surface area contributed by atoms with Crippen molar-refractivity contribution in [2.45, 2.75) is 58.1 Å². The molecule has 0 aromatic carbocycles. The van der Waals surface area contributed by atoms with Crippen molar-refractivity contribution in [1.29, 1.82) is 0 Å². The van der Waals surface area contributed by atoms with Crippen LogP contribution in [0.4, 0.5) is 4.79 Å². The van der Waals surface area contributed by atoms with Crippen LogP contribution in [-0.4, -0.2) is 87.1 Å². The standard InChI is InChI=1S/C19H36N4O4S/c1-19(2,3)27-18(24)23(14-15-6-7-15)16-8-11-22(12-9-16)17(20-4)21-10-13-28(5,25)26/h15-16H,6-14H2,1-5H3,(H,20,21). The van der Waals surface area contributed by atoms with Gasteiger partial charge in [-0.05, 0) is 52.4 Å². The summed E-state index contributed by atoms with van der Waals surface area (Å²) in [5, 5.41) is 3.13. The summed E-state index contributed by atoms with van der Waals surface area (Å²) in [6, 6.07) is 0.167. The largest absolute Gasteiger partial charge is 0.444 e. The monoisotopic (exact) mass is 416 g/mol. The fraction of sp³-hybridized carbons (Fsp3) is 0.895. The third kappa shape index (κ3) is 7.85. The van der Waals surface area contributed by atoms with Gasteiger partial charge in [0.25, 0.3) is 0 Å². The lowest BCUT2D eigenvalue weighted by atomic mass is 10.0. The van der Waals surface area contributed by atoms with Gasteiger partial charge in [-0.15, -0.1) is 0 Å². The second-order valence-corrected chi connectivity index (χ2v) is 11.2. The van der Waals surface area contributed by atoms with Crippen LogP contribution in [0.15, 0.2) is 4.99 Å². The van der Waals surface area contributed by atoms with Crippen molar-refractivity contribution in [3.8, 4) is 0 Å². The van der Waals surface area contributed by atoms with Crippen molar-refractivity contribution < 1.29 is 17.9 Å². The maximum Gasteiger partial charge on any atom is 0.410 e. The van der Waals surface area contributed by atoms with Gasteiger partial charge in [0.05, 0.1) is 5.75 Å². The zero-order chi connectivity index (χ0) is 20.9. The highest BCUT2D eigenvalue weighted by atomic mass is 32.2. The van der Waals surface area contributed by atoms with Crippen molar-refractivity contribution in [3.63, 3.8) is 0 Å². The second-order valence-electron chi connectivity index (χ2n) is 8.90. The molecule has 0 aromatic rings. The van der Waals surface area contributed by atoms with Crippen LogP contribution in [0.25, 0.3) is 0 Å². The van der Waals surface area contributed by atoms with Crippen LogP contribution in [-0.2, 0) is 14.6 Å². The molecule has 1 saturated carbocycles. The average molecular weight is 417 g/mol. The molecule has 2 aliphatic rings. The van der Waals surface area contributed by atoms with E-state index in [1.807, 2.05) is 25.7 Å². The number of rotatable bonds is 6. The van der Waals surface area contributed by atoms with Gasteiger partial charge in [-0.3, -0.25) is 4.99 Å². The number of nitrogens with zero attached hydrogens (tertiary/aromatic N) is 3. The van der Waals surface area contributed by atoms with E-state index in [9.17, 15) is 13.2 Å². The Morgan fingerprint density at radius 2 is 1.82 bits per heavy atom. The molecular weight excluding hydrogens is 380 g/mol. The van der Waals surface area contributed by atoms with Gasteiger partial charge >= 0.3 is 6.09 Å². The molecule has 0 radical (unpaired) electrons. The predicted octanol–water partition coefficient (Wildman–Crippen LogP) is 1.72. The molecule has 162 valence electrons. The number of amides is 1. The normalized spacial score (nSPS) is 19.5. The lowest BCUT2D eigenvalue weighted by molar-refractivity contribution is 0.00929. The minimum absolute atomic E-state index is 0.0797. The number of nitrogens with one attached hydrogen (secondary N) is 1. The molecule has 1 heterocycles. The van der Waals surface area contributed by atoms with E-state index in [1.54, 1.807) is 7.05 Å². The van der Waals surface area contributed by atoms with E-state index in [1.165, 1.54) is 19.1 Å². The molecule has 1 aliphatic heterocycles. The molecule has 0 spiro atoms. The Hall–Kier alpha value is -1.51. The molecule has 0 unspecified atom stereocenters. The number of guanidine groups is 1. The molecule has 8 nitrogen and oxygen atoms in total. The van der Waals surface area contributed by atoms with Gasteiger partial charge in [-0.2, -0.15) is 0 Å². The Labute approximate surface area is 169 Å². The van der Waals surface area contributed by atoms with Crippen molar-refractivity contribution in [1.82, 2.24) is 15.1 Å². The minimum atomic E-state index is -3.00. The highest BCUT2D eigenvalue weighted by Gasteiger charge is 2.35. The van der Waals surface area contributed by atoms with E-state index in [-0.39, 0.29) is 17.9 Å². The number of carbonyl (C=O) groups is 1. The maximum absolute atomic E-state index is 12.7. The van der Waals surface area contributed by atoms with Crippen LogP contribution in [0.2, 0.25) is 0 Å². The van der Waals surface area contributed by atoms with Crippen LogP contribution < -0.4 is 5.32 Å². The van der Waals surface area contributed by atoms with Crippen LogP contribution in [0, 0.1) is 5.92 Å². The summed E-state index contributed by atoms with van der Waals surface area (Å²) in [7, 11) is -1.30. The topological polar surface area (TPSA) is 91.3 Å². The summed E-state index contributed by atoms with van der Waals surface area (Å²) >= 11 is 0. The van der Waals surface area contributed by atoms with Gasteiger partial charge in [0, 0.05) is 45.5 Å². The van der Waals surface area contributed by atoms with E-state index in [2.05, 4.69) is 15.2 Å². The first kappa shape index (κ1) is 22.8. The van der Waals surface area contributed by atoms with Crippen molar-refractivity contribution in [2.75, 3.05) is 45.2 Å². The molecule has 1 amide bonds. The first-order valence-corrected chi connectivity index (χ1v) is 12.2. The highest BCUT2D eigenvalue weighted by Crippen LogP contribution is 2.32. The zero-order valence-corrected chi connectivity index (χ0v) is 18.7. The van der Waals surface area contributed by atoms with Gasteiger partial charge in [-0.1, -0.05) is 0 Å². The highest BCUT2D eigenvalue weighted by molar-refractivity contribution is 7.90. The fourth-order valence-corrected chi connectivity index (χ4v) is 3.81. The molecule has 1 saturated heterocycles. The SMILES string of the molecule is CN=C(NCCS(C)(=O)=O)N1CCC(N(CC2CC2)C(=O)OC(C)(C)C)CC1. The summed E-state index contributed by atoms with van der Waals surface area (Å²) in [5.41, 5.74) is -0.495. The third-order valence-electron chi connectivity index (χ3n) is 4.95. The molecule has 2 fully saturated rings. The third-order valence-corrected chi connectivity index (χ3v) is 5.90. The Morgan fingerprint density at radius 3 is 2.29 bits per heavy atom. The minimum Gasteiger partial charge on any atom is -0.444 e. The van der Waals surface area contributed by atoms with Gasteiger partial charge in [-0.25, -0.2) is 13.2 Å². The summed E-state index contributed by atoms with van der Waals surface area (Å²) in [6.45, 7) is 8.36. The first-order chi connectivity index (χ1) is 13.0. The van der Waals surface area contributed by atoms with Crippen LogP contribution in [0.3, 0.4) is 0 Å². The lowest BCUT2D eigenvalue weighted by Crippen LogP contribution is -2.53. The lowest BCUT2D eigenvalue weighted by Gasteiger charge is -2.40. The van der Waals surface area contributed by atoms with E-state index in [4.69, 9.17) is 4.74 Å². The van der Waals surface area contributed by atoms with Crippen molar-refractivity contribution >= 4 is 21.9 Å². The van der Waals surface area contributed by atoms with Gasteiger partial charge in [0.1, 0.15) is 15.4 Å². The molecule has 1 aliphatic carbocycles. The predicted molar refractivity (Wildman–Crippen MR) is 111 cm³/mol. The average Bonchev–Trinajstić information content (AvgIpc) is 3.38. The number of carbonyl (C=O) groups excluding carboxylic acids is 1. The fourth-order valence-electron chi connectivity index (χ4n) is 3.34. The molecule has 1 N–H and O–H groups in total. The van der Waals surface area contributed by atoms with Gasteiger partial charge < -0.3 is 19.9 Å². The van der Waals surface area contributed by atoms with Crippen molar-refractivity contribution in [2.24, 2.45) is 10.9 Å². The molecular formula is C19H36N4O4S. The maximum atomic E-state index is 12.7. The number of sulfone groups is 1. The van der Waals surface area contributed by atoms with Crippen LogP contribution >= 0.6 is 0 Å². The second kappa shape index (κ2) is 9.33. The number of ether oxygens (including phenoxy) is 1. The zero-order valence-electron chi connectivity index (χ0n) is 17.9. The number of hydrogen-bond acceptors (Lipinski definition) is 5. The first-order valence-electron chi connectivity index (χ1n) is 10.1. The van der Waals surface area contributed by atoms with Crippen molar-refractivity contribution in [3.05, 3.63) is 0 Å². The number of piperidine rings is 1. The Morgan fingerprint density at radius 1 is 1.21 bits per heavy atom. The molecule has 28 heavy (non-hydrogen) atoms. The van der Waals surface area contributed by atoms with Gasteiger partial charge in [0.15, 0.2) is 5.96 Å². The molecule has 9 heteroatoms. The summed E-state index contributed by atoms with van der Waals surface area (Å²) in [6.07, 6.45) is 5.09. The molecule has 0 bridgehead atoms. The number of hydrogen-bond donors (Lipinski definition) is 1. The summed E-state index contributed by atoms with van der Waals surface area (Å²) in [5.74, 6) is 1.40. The Bertz CT molecular complexity index is 660. The quantitative estimate of drug-likeness (QED) is 0.524. The van der Waals surface area contributed by atoms with E-state index >= 15 is 0 Å². The Balaban J connectivity index is 1.90. The summed E-state index contributed by atoms with van der Waals surface area (Å²) in [4.78, 5) is 21.1. The smallest absolute Gasteiger partial charge is 0.410 e. The van der Waals surface area contributed by atoms with E-state index in [0.29, 0.717) is 18.4 Å².